The van der Waals surface area contributed by atoms with Gasteiger partial charge in [0.1, 0.15) is 65.9 Å². The molecule has 0 aliphatic carbocycles. The van der Waals surface area contributed by atoms with Gasteiger partial charge in [-0.15, -0.1) is 0 Å². The zero-order valence-corrected chi connectivity index (χ0v) is 53.6. The minimum atomic E-state index is -1.49. The predicted molar refractivity (Wildman–Crippen MR) is 339 cm³/mol. The highest BCUT2D eigenvalue weighted by Gasteiger charge is 2.37. The molecule has 92 heavy (non-hydrogen) atoms. The number of phenolic OH excluding ortho intramolecular Hbond substituents is 2. The number of aliphatic carboxylic acids is 2. The van der Waals surface area contributed by atoms with Gasteiger partial charge in [-0.25, -0.2) is 9.78 Å². The van der Waals surface area contributed by atoms with Crippen molar-refractivity contribution in [3.05, 3.63) is 114 Å². The highest BCUT2D eigenvalue weighted by Crippen LogP contribution is 2.17. The number of carbonyl (C=O) groups is 11. The molecule has 3 aromatic carbocycles. The Labute approximate surface area is 535 Å². The standard InChI is InChI=1S/C65H92N12O15/c1-35(2)25-46(66)57(83)70-47(23-24-55(80)81)58(84)69-39(9)56(82)71-50(30-41-15-19-44(78)20-16-41)61(87)76-53(32-43-33-67-34-68-43)64(90)73-48(26-36(3)4)59(85)72-49(27-37(5)6)60(86)74-51(29-40-13-11-10-12-14-40)62(88)75-52(31-42-17-21-45(79)22-18-42)63(89)77-54(65(91)92)28-38(7)8/h10-22,33-39,46-54,78-79H,23-32,66H2,1-9H3,(H,67,68)(H,69,84)(H,70,83)(H,71,82)(H,72,85)(H,73,90)(H,74,86)(H,75,88)(H,76,87)(H,77,89)(H,80,81)(H,91,92)/t39-,46-,47-,48-,49-,50-,51-,52-,53-,54-/m0/s1. The van der Waals surface area contributed by atoms with Gasteiger partial charge < -0.3 is 79.0 Å². The van der Waals surface area contributed by atoms with Crippen LogP contribution in [0.15, 0.2) is 91.4 Å². The van der Waals surface area contributed by atoms with Crippen LogP contribution < -0.4 is 53.6 Å². The van der Waals surface area contributed by atoms with Crippen LogP contribution in [-0.4, -0.2) is 156 Å². The smallest absolute Gasteiger partial charge is 0.326 e. The van der Waals surface area contributed by atoms with Crippen LogP contribution in [0.4, 0.5) is 0 Å². The zero-order valence-electron chi connectivity index (χ0n) is 53.6. The monoisotopic (exact) mass is 1280 g/mol. The number of nitrogens with one attached hydrogen (secondary N) is 10. The van der Waals surface area contributed by atoms with Gasteiger partial charge in [0, 0.05) is 44.0 Å². The van der Waals surface area contributed by atoms with E-state index in [0.717, 1.165) is 0 Å². The quantitative estimate of drug-likeness (QED) is 0.0305. The molecule has 0 saturated carbocycles. The number of phenols is 2. The van der Waals surface area contributed by atoms with Gasteiger partial charge in [-0.2, -0.15) is 0 Å². The highest BCUT2D eigenvalue weighted by atomic mass is 16.4. The Balaban J connectivity index is 1.63. The van der Waals surface area contributed by atoms with Crippen molar-refractivity contribution in [2.45, 2.75) is 187 Å². The Hall–Kier alpha value is -9.40. The minimum absolute atomic E-state index is 0.0104. The van der Waals surface area contributed by atoms with Crippen molar-refractivity contribution in [1.29, 1.82) is 0 Å². The van der Waals surface area contributed by atoms with Gasteiger partial charge in [0.05, 0.1) is 12.4 Å². The van der Waals surface area contributed by atoms with Gasteiger partial charge in [-0.3, -0.25) is 47.9 Å². The normalized spacial score (nSPS) is 14.6. The summed E-state index contributed by atoms with van der Waals surface area (Å²) in [4.78, 5) is 159. The van der Waals surface area contributed by atoms with E-state index in [-0.39, 0.29) is 93.0 Å². The van der Waals surface area contributed by atoms with Crippen molar-refractivity contribution in [2.75, 3.05) is 0 Å². The van der Waals surface area contributed by atoms with Gasteiger partial charge in [0.2, 0.25) is 53.2 Å². The Morgan fingerprint density at radius 3 is 1.15 bits per heavy atom. The third-order valence-corrected chi connectivity index (χ3v) is 14.6. The Morgan fingerprint density at radius 2 is 0.761 bits per heavy atom. The van der Waals surface area contributed by atoms with Crippen LogP contribution >= 0.6 is 0 Å². The second kappa shape index (κ2) is 37.1. The van der Waals surface area contributed by atoms with Gasteiger partial charge in [-0.1, -0.05) is 110 Å². The zero-order chi connectivity index (χ0) is 68.4. The number of carboxylic acid groups (broad SMARTS) is 2. The van der Waals surface area contributed by atoms with E-state index in [4.69, 9.17) is 5.73 Å². The summed E-state index contributed by atoms with van der Waals surface area (Å²) in [7, 11) is 0. The Bertz CT molecular complexity index is 3090. The summed E-state index contributed by atoms with van der Waals surface area (Å²) in [5, 5.41) is 63.3. The molecule has 10 atom stereocenters. The van der Waals surface area contributed by atoms with Gasteiger partial charge in [-0.05, 0) is 104 Å². The molecule has 4 aromatic rings. The fraction of sp³-hybridized carbons (Fsp3) is 0.508. The number of nitrogens with zero attached hydrogens (tertiary/aromatic N) is 1. The maximum absolute atomic E-state index is 14.7. The first kappa shape index (κ1) is 75.1. The van der Waals surface area contributed by atoms with E-state index in [1.54, 1.807) is 71.9 Å². The molecule has 0 radical (unpaired) electrons. The summed E-state index contributed by atoms with van der Waals surface area (Å²) < 4.78 is 0. The second-order valence-electron chi connectivity index (χ2n) is 24.8. The van der Waals surface area contributed by atoms with Crippen molar-refractivity contribution in [3.63, 3.8) is 0 Å². The Morgan fingerprint density at radius 1 is 0.413 bits per heavy atom. The average molecular weight is 1280 g/mol. The lowest BCUT2D eigenvalue weighted by Gasteiger charge is -2.29. The summed E-state index contributed by atoms with van der Waals surface area (Å²) in [6.45, 7) is 15.7. The number of carbonyl (C=O) groups excluding carboxylic acids is 9. The molecule has 0 bridgehead atoms. The lowest BCUT2D eigenvalue weighted by molar-refractivity contribution is -0.143. The lowest BCUT2D eigenvalue weighted by Crippen LogP contribution is -2.61. The van der Waals surface area contributed by atoms with E-state index in [9.17, 15) is 73.2 Å². The van der Waals surface area contributed by atoms with Crippen molar-refractivity contribution >= 4 is 65.1 Å². The van der Waals surface area contributed by atoms with E-state index in [2.05, 4.69) is 57.8 Å². The number of aromatic amines is 1. The molecule has 0 fully saturated rings. The molecule has 9 amide bonds. The fourth-order valence-electron chi connectivity index (χ4n) is 9.88. The Kier molecular flexibility index (Phi) is 30.2. The molecule has 0 saturated heterocycles. The van der Waals surface area contributed by atoms with Crippen molar-refractivity contribution < 1.29 is 73.2 Å². The third kappa shape index (κ3) is 26.6. The second-order valence-corrected chi connectivity index (χ2v) is 24.8. The van der Waals surface area contributed by atoms with Crippen LogP contribution in [0.5, 0.6) is 11.5 Å². The molecule has 0 aliphatic rings. The van der Waals surface area contributed by atoms with E-state index < -0.39 is 132 Å². The van der Waals surface area contributed by atoms with Crippen molar-refractivity contribution in [1.82, 2.24) is 57.8 Å². The molecular formula is C65H92N12O15. The van der Waals surface area contributed by atoms with Crippen LogP contribution in [0.2, 0.25) is 0 Å². The number of hydrogen-bond donors (Lipinski definition) is 15. The van der Waals surface area contributed by atoms with E-state index in [0.29, 0.717) is 22.4 Å². The van der Waals surface area contributed by atoms with Crippen molar-refractivity contribution in [2.24, 2.45) is 29.4 Å². The first-order valence-electron chi connectivity index (χ1n) is 30.9. The number of benzene rings is 3. The number of amides is 9. The van der Waals surface area contributed by atoms with Crippen LogP contribution in [0.1, 0.15) is 123 Å². The average Bonchev–Trinajstić information content (AvgIpc) is 1.17. The molecule has 0 spiro atoms. The SMILES string of the molecule is CC(C)C[C@H](NC(=O)[C@H](Cc1ccc(O)cc1)NC(=O)[C@H](Cc1ccccc1)NC(=O)[C@H](CC(C)C)NC(=O)[C@H](CC(C)C)NC(=O)[C@H](Cc1cnc[nH]1)NC(=O)[C@H](Cc1ccc(O)cc1)NC(=O)[C@H](C)NC(=O)[C@H](CCC(=O)O)NC(=O)[C@@H](N)CC(C)C)C(=O)O. The van der Waals surface area contributed by atoms with E-state index >= 15 is 0 Å². The largest absolute Gasteiger partial charge is 0.508 e. The first-order chi connectivity index (χ1) is 43.4. The number of hydrogen-bond acceptors (Lipinski definition) is 15. The topological polar surface area (TPSA) is 432 Å². The summed E-state index contributed by atoms with van der Waals surface area (Å²) in [5.41, 5.74) is 7.96. The number of carboxylic acids is 2. The molecule has 502 valence electrons. The van der Waals surface area contributed by atoms with Crippen LogP contribution in [-0.2, 0) is 78.4 Å². The molecule has 27 nitrogen and oxygen atoms in total. The third-order valence-electron chi connectivity index (χ3n) is 14.6. The van der Waals surface area contributed by atoms with Crippen LogP contribution in [0.3, 0.4) is 0 Å². The highest BCUT2D eigenvalue weighted by molar-refractivity contribution is 5.99. The van der Waals surface area contributed by atoms with E-state index in [1.165, 1.54) is 68.0 Å². The fourth-order valence-corrected chi connectivity index (χ4v) is 9.88. The minimum Gasteiger partial charge on any atom is -0.508 e. The molecule has 1 heterocycles. The number of H-pyrrole nitrogens is 1. The number of imidazole rings is 1. The number of nitrogens with two attached hydrogens (primary N) is 1. The molecule has 1 aromatic heterocycles. The van der Waals surface area contributed by atoms with Crippen molar-refractivity contribution in [3.8, 4) is 11.5 Å². The summed E-state index contributed by atoms with van der Waals surface area (Å²) >= 11 is 0. The maximum atomic E-state index is 14.7. The summed E-state index contributed by atoms with van der Waals surface area (Å²) in [6.07, 6.45) is 1.56. The first-order valence-corrected chi connectivity index (χ1v) is 30.9. The van der Waals surface area contributed by atoms with Gasteiger partial charge >= 0.3 is 11.9 Å². The van der Waals surface area contributed by atoms with Gasteiger partial charge in [0.15, 0.2) is 0 Å². The molecule has 27 heteroatoms. The van der Waals surface area contributed by atoms with Crippen LogP contribution in [0.25, 0.3) is 0 Å². The molecule has 4 rings (SSSR count). The molecule has 0 aliphatic heterocycles. The van der Waals surface area contributed by atoms with Crippen LogP contribution in [0, 0.1) is 23.7 Å². The number of aromatic nitrogens is 2. The molecule has 16 N–H and O–H groups in total. The maximum Gasteiger partial charge on any atom is 0.326 e. The molecule has 0 unspecified atom stereocenters. The predicted octanol–water partition coefficient (Wildman–Crippen LogP) is 1.94. The number of rotatable bonds is 38. The number of aromatic hydroxyl groups is 2. The summed E-state index contributed by atoms with van der Waals surface area (Å²) in [5.74, 6) is -10.9. The van der Waals surface area contributed by atoms with Gasteiger partial charge in [0.25, 0.3) is 0 Å². The lowest BCUT2D eigenvalue weighted by atomic mass is 9.98. The molecular weight excluding hydrogens is 1190 g/mol. The summed E-state index contributed by atoms with van der Waals surface area (Å²) in [6, 6.07) is 6.65. The van der Waals surface area contributed by atoms with E-state index in [1.807, 2.05) is 13.8 Å².